The standard InChI is InChI=1S/C34H35FN8O6S2/c1-22(42(28-13-12-25(47-2)20-29(28)48-3)32(45)37-24-10-8-23(35)9-11-24)30-38-27-7-5-4-6-26(27)31(44)43(30)41-16-14-40(15-17-41)34(46)49-18-19-50-33-39-36-21-51-33/h4-13,20-22H,14-19H2,1-3H3,(H,37,45). The summed E-state index contributed by atoms with van der Waals surface area (Å²) in [5, 5.41) is 12.8. The van der Waals surface area contributed by atoms with Crippen molar-refractivity contribution < 1.29 is 28.2 Å². The first-order valence-corrected chi connectivity index (χ1v) is 17.8. The Balaban J connectivity index is 1.31. The average Bonchev–Trinajstić information content (AvgIpc) is 3.68. The normalized spacial score (nSPS) is 13.5. The first-order valence-electron chi connectivity index (χ1n) is 15.9. The minimum Gasteiger partial charge on any atom is -0.497 e. The second kappa shape index (κ2) is 16.1. The van der Waals surface area contributed by atoms with E-state index in [2.05, 4.69) is 15.5 Å². The Labute approximate surface area is 300 Å². The van der Waals surface area contributed by atoms with Gasteiger partial charge in [0.1, 0.15) is 29.4 Å². The van der Waals surface area contributed by atoms with Crippen molar-refractivity contribution in [2.24, 2.45) is 0 Å². The van der Waals surface area contributed by atoms with Gasteiger partial charge >= 0.3 is 12.1 Å². The van der Waals surface area contributed by atoms with Gasteiger partial charge in [-0.1, -0.05) is 35.2 Å². The average molecular weight is 735 g/mol. The van der Waals surface area contributed by atoms with Gasteiger partial charge in [-0.25, -0.2) is 23.6 Å². The molecule has 14 nitrogen and oxygen atoms in total. The molecule has 1 aliphatic heterocycles. The van der Waals surface area contributed by atoms with Gasteiger partial charge in [0.2, 0.25) is 0 Å². The third kappa shape index (κ3) is 7.99. The van der Waals surface area contributed by atoms with Crippen LogP contribution < -0.4 is 30.3 Å². The monoisotopic (exact) mass is 734 g/mol. The number of hydrogen-bond donors (Lipinski definition) is 1. The van der Waals surface area contributed by atoms with Gasteiger partial charge in [0, 0.05) is 30.6 Å². The summed E-state index contributed by atoms with van der Waals surface area (Å²) >= 11 is 2.88. The van der Waals surface area contributed by atoms with Crippen LogP contribution in [0.5, 0.6) is 11.5 Å². The molecule has 0 aliphatic carbocycles. The second-order valence-corrected chi connectivity index (χ2v) is 13.4. The topological polar surface area (TPSA) is 144 Å². The number of para-hydroxylation sites is 1. The van der Waals surface area contributed by atoms with E-state index in [9.17, 15) is 18.8 Å². The molecular weight excluding hydrogens is 700 g/mol. The Hall–Kier alpha value is -5.42. The van der Waals surface area contributed by atoms with Crippen molar-refractivity contribution in [2.75, 3.05) is 68.0 Å². The van der Waals surface area contributed by atoms with Crippen molar-refractivity contribution in [3.8, 4) is 11.5 Å². The summed E-state index contributed by atoms with van der Waals surface area (Å²) in [6, 6.07) is 16.0. The lowest BCUT2D eigenvalue weighted by molar-refractivity contribution is 0.103. The highest BCUT2D eigenvalue weighted by molar-refractivity contribution is 8.01. The molecular formula is C34H35FN8O6S2. The molecule has 6 rings (SSSR count). The molecule has 3 aromatic carbocycles. The van der Waals surface area contributed by atoms with Crippen molar-refractivity contribution in [2.45, 2.75) is 17.3 Å². The summed E-state index contributed by atoms with van der Waals surface area (Å²) in [6.07, 6.45) is -0.444. The van der Waals surface area contributed by atoms with E-state index < -0.39 is 24.0 Å². The number of benzene rings is 3. The fourth-order valence-electron chi connectivity index (χ4n) is 5.65. The number of aromatic nitrogens is 4. The Bertz CT molecular complexity index is 2040. The quantitative estimate of drug-likeness (QED) is 0.138. The van der Waals surface area contributed by atoms with Gasteiger partial charge in [-0.2, -0.15) is 0 Å². The van der Waals surface area contributed by atoms with E-state index in [-0.39, 0.29) is 31.1 Å². The van der Waals surface area contributed by atoms with Crippen LogP contribution in [0.3, 0.4) is 0 Å². The smallest absolute Gasteiger partial charge is 0.409 e. The molecule has 2 aromatic heterocycles. The van der Waals surface area contributed by atoms with E-state index in [0.717, 1.165) is 4.34 Å². The molecule has 5 aromatic rings. The maximum atomic E-state index is 14.3. The third-order valence-corrected chi connectivity index (χ3v) is 10.00. The zero-order valence-electron chi connectivity index (χ0n) is 28.0. The number of amides is 3. The number of urea groups is 1. The van der Waals surface area contributed by atoms with Crippen molar-refractivity contribution in [1.82, 2.24) is 24.8 Å². The van der Waals surface area contributed by atoms with Crippen molar-refractivity contribution in [3.05, 3.63) is 94.2 Å². The number of hydrogen-bond acceptors (Lipinski definition) is 12. The molecule has 1 saturated heterocycles. The number of thioether (sulfide) groups is 1. The zero-order chi connectivity index (χ0) is 35.9. The number of piperazine rings is 1. The summed E-state index contributed by atoms with van der Waals surface area (Å²) in [5.41, 5.74) is 2.50. The first-order chi connectivity index (χ1) is 24.8. The number of carbonyl (C=O) groups is 2. The molecule has 3 amide bonds. The summed E-state index contributed by atoms with van der Waals surface area (Å²) in [5.74, 6) is 1.21. The van der Waals surface area contributed by atoms with Crippen LogP contribution in [0.1, 0.15) is 18.8 Å². The Morgan fingerprint density at radius 2 is 1.80 bits per heavy atom. The number of ether oxygens (including phenoxy) is 3. The van der Waals surface area contributed by atoms with Gasteiger partial charge in [0.05, 0.1) is 49.9 Å². The molecule has 266 valence electrons. The predicted octanol–water partition coefficient (Wildman–Crippen LogP) is 5.39. The van der Waals surface area contributed by atoms with Crippen molar-refractivity contribution >= 4 is 57.5 Å². The summed E-state index contributed by atoms with van der Waals surface area (Å²) in [6.45, 7) is 3.13. The lowest BCUT2D eigenvalue weighted by Gasteiger charge is -2.38. The van der Waals surface area contributed by atoms with E-state index in [1.54, 1.807) is 59.8 Å². The van der Waals surface area contributed by atoms with Gasteiger partial charge in [-0.3, -0.25) is 9.69 Å². The fraction of sp³-hybridized carbons (Fsp3) is 0.294. The van der Waals surface area contributed by atoms with Crippen LogP contribution >= 0.6 is 23.1 Å². The predicted molar refractivity (Wildman–Crippen MR) is 193 cm³/mol. The highest BCUT2D eigenvalue weighted by atomic mass is 32.2. The van der Waals surface area contributed by atoms with Crippen molar-refractivity contribution in [1.29, 1.82) is 0 Å². The van der Waals surface area contributed by atoms with E-state index in [4.69, 9.17) is 19.2 Å². The molecule has 1 unspecified atom stereocenters. The maximum absolute atomic E-state index is 14.3. The number of halogens is 1. The van der Waals surface area contributed by atoms with Gasteiger partial charge in [0.25, 0.3) is 5.56 Å². The minimum absolute atomic E-state index is 0.212. The Morgan fingerprint density at radius 1 is 1.04 bits per heavy atom. The van der Waals surface area contributed by atoms with Crippen LogP contribution in [0.4, 0.5) is 25.4 Å². The number of fused-ring (bicyclic) bond motifs is 1. The number of anilines is 2. The van der Waals surface area contributed by atoms with Crippen molar-refractivity contribution in [3.63, 3.8) is 0 Å². The largest absolute Gasteiger partial charge is 0.497 e. The Kier molecular flexibility index (Phi) is 11.2. The molecule has 1 atom stereocenters. The van der Waals surface area contributed by atoms with Gasteiger partial charge in [-0.15, -0.1) is 10.2 Å². The van der Waals surface area contributed by atoms with E-state index in [0.29, 0.717) is 52.6 Å². The molecule has 0 radical (unpaired) electrons. The lowest BCUT2D eigenvalue weighted by Crippen LogP contribution is -2.57. The molecule has 1 N–H and O–H groups in total. The summed E-state index contributed by atoms with van der Waals surface area (Å²) in [7, 11) is 3.00. The zero-order valence-corrected chi connectivity index (χ0v) is 29.7. The third-order valence-electron chi connectivity index (χ3n) is 8.17. The lowest BCUT2D eigenvalue weighted by atomic mass is 10.1. The minimum atomic E-state index is -0.862. The van der Waals surface area contributed by atoms with Crippen LogP contribution in [0.15, 0.2) is 81.4 Å². The highest BCUT2D eigenvalue weighted by Crippen LogP contribution is 2.37. The van der Waals surface area contributed by atoms with E-state index >= 15 is 0 Å². The van der Waals surface area contributed by atoms with Crippen LogP contribution in [0, 0.1) is 5.82 Å². The molecule has 0 bridgehead atoms. The summed E-state index contributed by atoms with van der Waals surface area (Å²) in [4.78, 5) is 49.3. The van der Waals surface area contributed by atoms with Crippen LogP contribution in [-0.2, 0) is 4.74 Å². The SMILES string of the molecule is COc1ccc(N(C(=O)Nc2ccc(F)cc2)C(C)c2nc3ccccc3c(=O)n2N2CCN(C(=O)OCCSc3nncs3)CC2)c(OC)c1. The van der Waals surface area contributed by atoms with E-state index in [1.807, 2.05) is 5.01 Å². The number of nitrogens with one attached hydrogen (secondary N) is 1. The van der Waals surface area contributed by atoms with E-state index in [1.165, 1.54) is 71.2 Å². The molecule has 1 fully saturated rings. The highest BCUT2D eigenvalue weighted by Gasteiger charge is 2.33. The molecule has 1 aliphatic rings. The number of rotatable bonds is 11. The molecule has 0 saturated carbocycles. The molecule has 0 spiro atoms. The summed E-state index contributed by atoms with van der Waals surface area (Å²) < 4.78 is 32.6. The van der Waals surface area contributed by atoms with Crippen LogP contribution in [0.25, 0.3) is 10.9 Å². The second-order valence-electron chi connectivity index (χ2n) is 11.2. The number of carbonyl (C=O) groups excluding carboxylic acids is 2. The molecule has 51 heavy (non-hydrogen) atoms. The van der Waals surface area contributed by atoms with Crippen LogP contribution in [0.2, 0.25) is 0 Å². The Morgan fingerprint density at radius 3 is 2.51 bits per heavy atom. The first kappa shape index (κ1) is 35.4. The van der Waals surface area contributed by atoms with Gasteiger partial charge in [0.15, 0.2) is 10.2 Å². The molecule has 3 heterocycles. The number of nitrogens with zero attached hydrogens (tertiary/aromatic N) is 7. The van der Waals surface area contributed by atoms with Gasteiger partial charge in [-0.05, 0) is 55.5 Å². The van der Waals surface area contributed by atoms with Gasteiger partial charge < -0.3 is 29.4 Å². The maximum Gasteiger partial charge on any atom is 0.409 e. The van der Waals surface area contributed by atoms with Crippen LogP contribution in [-0.4, -0.2) is 89.6 Å². The molecule has 17 heteroatoms. The fourth-order valence-corrected chi connectivity index (χ4v) is 7.02. The number of methoxy groups -OCH3 is 2.